The molecule has 2 aromatic heterocycles. The Hall–Kier alpha value is -2.97. The monoisotopic (exact) mass is 464 g/mol. The summed E-state index contributed by atoms with van der Waals surface area (Å²) in [5.41, 5.74) is 6.08. The smallest absolute Gasteiger partial charge is 0.277 e. The molecule has 0 aliphatic heterocycles. The highest BCUT2D eigenvalue weighted by Crippen LogP contribution is 2.33. The summed E-state index contributed by atoms with van der Waals surface area (Å²) in [5.74, 6) is 1.03. The molecule has 6 nitrogen and oxygen atoms in total. The summed E-state index contributed by atoms with van der Waals surface area (Å²) < 4.78 is 5.85. The third-order valence-corrected chi connectivity index (χ3v) is 6.60. The topological polar surface area (TPSA) is 72.1 Å². The van der Waals surface area contributed by atoms with Gasteiger partial charge in [0.25, 0.3) is 5.22 Å². The second-order valence-electron chi connectivity index (χ2n) is 7.50. The Labute approximate surface area is 195 Å². The SMILES string of the molecule is CCc1ccccc1N(C(C)=O)c1nc(CSc2nnc(-c3cc(C)cc(C)c3)o2)cs1. The highest BCUT2D eigenvalue weighted by atomic mass is 32.2. The van der Waals surface area contributed by atoms with E-state index in [9.17, 15) is 4.79 Å². The number of rotatable bonds is 7. The normalized spacial score (nSPS) is 11.0. The van der Waals surface area contributed by atoms with Gasteiger partial charge in [0.15, 0.2) is 5.13 Å². The van der Waals surface area contributed by atoms with Gasteiger partial charge in [-0.3, -0.25) is 9.69 Å². The van der Waals surface area contributed by atoms with Crippen molar-refractivity contribution in [3.05, 3.63) is 70.2 Å². The number of anilines is 2. The van der Waals surface area contributed by atoms with E-state index in [1.54, 1.807) is 11.8 Å². The molecule has 0 fully saturated rings. The fourth-order valence-corrected chi connectivity index (χ4v) is 5.16. The van der Waals surface area contributed by atoms with Crippen LogP contribution in [0.25, 0.3) is 11.5 Å². The number of carbonyl (C=O) groups is 1. The number of para-hydroxylation sites is 1. The Morgan fingerprint density at radius 2 is 1.88 bits per heavy atom. The van der Waals surface area contributed by atoms with E-state index in [4.69, 9.17) is 9.40 Å². The zero-order valence-electron chi connectivity index (χ0n) is 18.5. The molecule has 0 atom stereocenters. The van der Waals surface area contributed by atoms with Gasteiger partial charge in [0.1, 0.15) is 0 Å². The first-order valence-electron chi connectivity index (χ1n) is 10.3. The van der Waals surface area contributed by atoms with E-state index >= 15 is 0 Å². The number of thioether (sulfide) groups is 1. The van der Waals surface area contributed by atoms with Crippen molar-refractivity contribution in [1.82, 2.24) is 15.2 Å². The number of benzene rings is 2. The number of carbonyl (C=O) groups excluding carboxylic acids is 1. The molecule has 2 aromatic carbocycles. The van der Waals surface area contributed by atoms with Crippen molar-refractivity contribution < 1.29 is 9.21 Å². The standard InChI is InChI=1S/C24H24N4O2S2/c1-5-18-8-6-7-9-21(18)28(17(4)29)23-25-20(13-31-23)14-32-24-27-26-22(30-24)19-11-15(2)10-16(3)12-19/h6-13H,5,14H2,1-4H3. The van der Waals surface area contributed by atoms with Crippen molar-refractivity contribution in [2.24, 2.45) is 0 Å². The molecule has 0 aliphatic rings. The quantitative estimate of drug-likeness (QED) is 0.297. The molecule has 0 bridgehead atoms. The first-order valence-corrected chi connectivity index (χ1v) is 12.2. The summed E-state index contributed by atoms with van der Waals surface area (Å²) in [6.45, 7) is 7.74. The fraction of sp³-hybridized carbons (Fsp3) is 0.250. The number of hydrogen-bond donors (Lipinski definition) is 0. The molecular weight excluding hydrogens is 440 g/mol. The molecule has 0 saturated carbocycles. The van der Waals surface area contributed by atoms with Gasteiger partial charge in [-0.15, -0.1) is 21.5 Å². The van der Waals surface area contributed by atoms with Crippen LogP contribution in [-0.2, 0) is 17.0 Å². The van der Waals surface area contributed by atoms with Crippen molar-refractivity contribution in [3.8, 4) is 11.5 Å². The highest BCUT2D eigenvalue weighted by Gasteiger charge is 2.20. The number of amides is 1. The third kappa shape index (κ3) is 4.92. The summed E-state index contributed by atoms with van der Waals surface area (Å²) in [7, 11) is 0. The third-order valence-electron chi connectivity index (χ3n) is 4.88. The molecule has 2 heterocycles. The fourth-order valence-electron chi connectivity index (χ4n) is 3.52. The first kappa shape index (κ1) is 22.2. The number of aromatic nitrogens is 3. The molecule has 32 heavy (non-hydrogen) atoms. The van der Waals surface area contributed by atoms with Gasteiger partial charge in [-0.1, -0.05) is 54.1 Å². The van der Waals surface area contributed by atoms with E-state index in [1.807, 2.05) is 55.6 Å². The largest absolute Gasteiger partial charge is 0.411 e. The Balaban J connectivity index is 1.49. The van der Waals surface area contributed by atoms with Gasteiger partial charge in [0, 0.05) is 23.6 Å². The summed E-state index contributed by atoms with van der Waals surface area (Å²) in [5, 5.41) is 11.5. The van der Waals surface area contributed by atoms with Gasteiger partial charge in [0.2, 0.25) is 11.8 Å². The maximum Gasteiger partial charge on any atom is 0.277 e. The molecule has 0 N–H and O–H groups in total. The predicted molar refractivity (Wildman–Crippen MR) is 130 cm³/mol. The van der Waals surface area contributed by atoms with Crippen LogP contribution >= 0.6 is 23.1 Å². The van der Waals surface area contributed by atoms with E-state index in [1.165, 1.54) is 23.1 Å². The highest BCUT2D eigenvalue weighted by molar-refractivity contribution is 7.98. The Morgan fingerprint density at radius 3 is 2.59 bits per heavy atom. The molecule has 0 spiro atoms. The van der Waals surface area contributed by atoms with Crippen LogP contribution in [0.15, 0.2) is 57.5 Å². The van der Waals surface area contributed by atoms with Crippen LogP contribution in [0.1, 0.15) is 36.2 Å². The lowest BCUT2D eigenvalue weighted by Crippen LogP contribution is -2.23. The van der Waals surface area contributed by atoms with Crippen LogP contribution in [0.5, 0.6) is 0 Å². The molecule has 164 valence electrons. The molecule has 1 amide bonds. The maximum absolute atomic E-state index is 12.4. The van der Waals surface area contributed by atoms with Gasteiger partial charge < -0.3 is 4.42 Å². The molecule has 0 aliphatic carbocycles. The first-order chi connectivity index (χ1) is 15.4. The van der Waals surface area contributed by atoms with Gasteiger partial charge in [-0.2, -0.15) is 0 Å². The van der Waals surface area contributed by atoms with Gasteiger partial charge in [-0.05, 0) is 44.0 Å². The molecular formula is C24H24N4O2S2. The molecule has 0 unspecified atom stereocenters. The number of thiazole rings is 1. The van der Waals surface area contributed by atoms with Crippen molar-refractivity contribution in [2.45, 2.75) is 45.1 Å². The molecule has 4 rings (SSSR count). The lowest BCUT2D eigenvalue weighted by atomic mass is 10.1. The second-order valence-corrected chi connectivity index (χ2v) is 9.26. The Kier molecular flexibility index (Phi) is 6.72. The lowest BCUT2D eigenvalue weighted by Gasteiger charge is -2.20. The second kappa shape index (κ2) is 9.67. The van der Waals surface area contributed by atoms with E-state index in [-0.39, 0.29) is 5.91 Å². The minimum atomic E-state index is -0.0607. The van der Waals surface area contributed by atoms with Gasteiger partial charge in [0.05, 0.1) is 11.4 Å². The summed E-state index contributed by atoms with van der Waals surface area (Å²) in [6.07, 6.45) is 0.841. The number of nitrogens with zero attached hydrogens (tertiary/aromatic N) is 4. The molecule has 4 aromatic rings. The van der Waals surface area contributed by atoms with Gasteiger partial charge >= 0.3 is 0 Å². The number of hydrogen-bond acceptors (Lipinski definition) is 7. The summed E-state index contributed by atoms with van der Waals surface area (Å²) in [4.78, 5) is 18.8. The minimum absolute atomic E-state index is 0.0607. The zero-order valence-corrected chi connectivity index (χ0v) is 20.1. The van der Waals surface area contributed by atoms with Crippen LogP contribution in [0, 0.1) is 13.8 Å². The van der Waals surface area contributed by atoms with Crippen molar-refractivity contribution >= 4 is 39.8 Å². The Bertz CT molecular complexity index is 1230. The number of aryl methyl sites for hydroxylation is 3. The minimum Gasteiger partial charge on any atom is -0.411 e. The Morgan fingerprint density at radius 1 is 1.12 bits per heavy atom. The van der Waals surface area contributed by atoms with E-state index in [2.05, 4.69) is 23.2 Å². The van der Waals surface area contributed by atoms with Crippen molar-refractivity contribution in [2.75, 3.05) is 4.90 Å². The maximum atomic E-state index is 12.4. The van der Waals surface area contributed by atoms with E-state index < -0.39 is 0 Å². The average Bonchev–Trinajstić information content (AvgIpc) is 3.42. The van der Waals surface area contributed by atoms with Crippen molar-refractivity contribution in [1.29, 1.82) is 0 Å². The van der Waals surface area contributed by atoms with E-state index in [0.29, 0.717) is 22.0 Å². The summed E-state index contributed by atoms with van der Waals surface area (Å²) in [6, 6.07) is 14.1. The van der Waals surface area contributed by atoms with Gasteiger partial charge in [-0.25, -0.2) is 4.98 Å². The molecule has 0 radical (unpaired) electrons. The zero-order chi connectivity index (χ0) is 22.7. The molecule has 8 heteroatoms. The van der Waals surface area contributed by atoms with Crippen LogP contribution in [-0.4, -0.2) is 21.1 Å². The van der Waals surface area contributed by atoms with Crippen LogP contribution in [0.2, 0.25) is 0 Å². The molecule has 0 saturated heterocycles. The van der Waals surface area contributed by atoms with Crippen LogP contribution in [0.4, 0.5) is 10.8 Å². The van der Waals surface area contributed by atoms with Crippen LogP contribution < -0.4 is 4.90 Å². The van der Waals surface area contributed by atoms with Crippen molar-refractivity contribution in [3.63, 3.8) is 0 Å². The predicted octanol–water partition coefficient (Wildman–Crippen LogP) is 6.35. The van der Waals surface area contributed by atoms with E-state index in [0.717, 1.165) is 40.1 Å². The lowest BCUT2D eigenvalue weighted by molar-refractivity contribution is -0.115. The van der Waals surface area contributed by atoms with Crippen LogP contribution in [0.3, 0.4) is 0 Å². The summed E-state index contributed by atoms with van der Waals surface area (Å²) >= 11 is 2.89. The average molecular weight is 465 g/mol.